The van der Waals surface area contributed by atoms with E-state index in [2.05, 4.69) is 81.4 Å². The van der Waals surface area contributed by atoms with Gasteiger partial charge in [-0.25, -0.2) is 0 Å². The summed E-state index contributed by atoms with van der Waals surface area (Å²) in [6.45, 7) is 7.08. The molecule has 0 fully saturated rings. The molecular formula is C26H38. The molecule has 0 aliphatic carbocycles. The molecule has 0 heterocycles. The van der Waals surface area contributed by atoms with Crippen LogP contribution in [0.5, 0.6) is 0 Å². The van der Waals surface area contributed by atoms with Crippen LogP contribution in [-0.4, -0.2) is 0 Å². The predicted octanol–water partition coefficient (Wildman–Crippen LogP) is 8.35. The molecule has 2 aromatic rings. The fraction of sp³-hybridized carbons (Fsp3) is 0.538. The van der Waals surface area contributed by atoms with Gasteiger partial charge in [-0.2, -0.15) is 0 Å². The summed E-state index contributed by atoms with van der Waals surface area (Å²) in [6.07, 6.45) is 10.8. The summed E-state index contributed by atoms with van der Waals surface area (Å²) in [5.74, 6) is 2.29. The summed E-state index contributed by atoms with van der Waals surface area (Å²) < 4.78 is 0. The summed E-state index contributed by atoms with van der Waals surface area (Å²) >= 11 is 0. The molecule has 0 bridgehead atoms. The van der Waals surface area contributed by atoms with E-state index in [-0.39, 0.29) is 0 Å². The van der Waals surface area contributed by atoms with Crippen LogP contribution in [0.2, 0.25) is 0 Å². The molecule has 0 amide bonds. The lowest BCUT2D eigenvalue weighted by Gasteiger charge is -2.19. The molecule has 0 heteroatoms. The summed E-state index contributed by atoms with van der Waals surface area (Å²) in [5, 5.41) is 0. The fourth-order valence-corrected chi connectivity index (χ4v) is 3.86. The van der Waals surface area contributed by atoms with Gasteiger partial charge in [0, 0.05) is 0 Å². The second-order valence-electron chi connectivity index (χ2n) is 8.15. The van der Waals surface area contributed by atoms with Crippen molar-refractivity contribution in [1.29, 1.82) is 0 Å². The highest BCUT2D eigenvalue weighted by Crippen LogP contribution is 2.30. The quantitative estimate of drug-likeness (QED) is 0.337. The van der Waals surface area contributed by atoms with Crippen LogP contribution >= 0.6 is 0 Å². The van der Waals surface area contributed by atoms with Crippen LogP contribution in [0.3, 0.4) is 0 Å². The van der Waals surface area contributed by atoms with Crippen molar-refractivity contribution in [3.63, 3.8) is 0 Å². The molecule has 0 aliphatic heterocycles. The Hall–Kier alpha value is -1.56. The van der Waals surface area contributed by atoms with Crippen molar-refractivity contribution in [2.75, 3.05) is 0 Å². The molecule has 0 saturated carbocycles. The first-order valence-electron chi connectivity index (χ1n) is 10.8. The molecule has 0 aliphatic rings. The summed E-state index contributed by atoms with van der Waals surface area (Å²) in [6, 6.07) is 22.2. The Labute approximate surface area is 162 Å². The second-order valence-corrected chi connectivity index (χ2v) is 8.15. The fourth-order valence-electron chi connectivity index (χ4n) is 3.86. The van der Waals surface area contributed by atoms with E-state index in [4.69, 9.17) is 0 Å². The van der Waals surface area contributed by atoms with Crippen molar-refractivity contribution in [2.45, 2.75) is 84.0 Å². The van der Waals surface area contributed by atoms with Crippen LogP contribution in [0.25, 0.3) is 0 Å². The van der Waals surface area contributed by atoms with Crippen molar-refractivity contribution >= 4 is 0 Å². The lowest BCUT2D eigenvalue weighted by Crippen LogP contribution is -2.03. The number of hydrogen-bond acceptors (Lipinski definition) is 0. The normalized spacial score (nSPS) is 14.7. The first-order valence-corrected chi connectivity index (χ1v) is 10.8. The van der Waals surface area contributed by atoms with Gasteiger partial charge in [-0.1, -0.05) is 114 Å². The zero-order valence-electron chi connectivity index (χ0n) is 17.2. The van der Waals surface area contributed by atoms with Gasteiger partial charge in [0.1, 0.15) is 0 Å². The number of benzene rings is 2. The van der Waals surface area contributed by atoms with Gasteiger partial charge in [-0.05, 0) is 48.1 Å². The predicted molar refractivity (Wildman–Crippen MR) is 116 cm³/mol. The number of hydrogen-bond donors (Lipinski definition) is 0. The molecule has 0 aromatic heterocycles. The van der Waals surface area contributed by atoms with E-state index in [1.54, 1.807) is 5.56 Å². The highest BCUT2D eigenvalue weighted by atomic mass is 14.2. The van der Waals surface area contributed by atoms with E-state index in [0.29, 0.717) is 5.92 Å². The smallest absolute Gasteiger partial charge is 0.0162 e. The Kier molecular flexibility index (Phi) is 9.53. The van der Waals surface area contributed by atoms with Gasteiger partial charge in [-0.15, -0.1) is 0 Å². The summed E-state index contributed by atoms with van der Waals surface area (Å²) in [5.41, 5.74) is 3.04. The largest absolute Gasteiger partial charge is 0.0651 e. The van der Waals surface area contributed by atoms with Crippen LogP contribution in [0.4, 0.5) is 0 Å². The van der Waals surface area contributed by atoms with E-state index in [1.807, 2.05) is 0 Å². The third-order valence-corrected chi connectivity index (χ3v) is 6.03. The molecule has 0 nitrogen and oxygen atoms in total. The van der Waals surface area contributed by atoms with Crippen LogP contribution in [0.1, 0.15) is 95.1 Å². The monoisotopic (exact) mass is 350 g/mol. The van der Waals surface area contributed by atoms with Crippen LogP contribution in [0.15, 0.2) is 60.7 Å². The standard InChI is InChI=1S/C26H38/c1-4-22(2)20-21-26(25-17-12-7-13-18-25)19-11-5-8-14-23(3)24-15-9-6-10-16-24/h6-7,9-10,12-13,15-18,22-23,26H,4-5,8,11,14,19-21H2,1-3H3. The maximum Gasteiger partial charge on any atom is -0.0162 e. The van der Waals surface area contributed by atoms with Crippen LogP contribution < -0.4 is 0 Å². The molecule has 3 atom stereocenters. The zero-order chi connectivity index (χ0) is 18.6. The molecule has 142 valence electrons. The van der Waals surface area contributed by atoms with E-state index in [9.17, 15) is 0 Å². The van der Waals surface area contributed by atoms with Gasteiger partial charge in [-0.3, -0.25) is 0 Å². The highest BCUT2D eigenvalue weighted by molar-refractivity contribution is 5.19. The van der Waals surface area contributed by atoms with Crippen molar-refractivity contribution in [3.8, 4) is 0 Å². The van der Waals surface area contributed by atoms with E-state index < -0.39 is 0 Å². The van der Waals surface area contributed by atoms with Gasteiger partial charge in [0.2, 0.25) is 0 Å². The molecule has 0 N–H and O–H groups in total. The minimum absolute atomic E-state index is 0.687. The van der Waals surface area contributed by atoms with Crippen molar-refractivity contribution in [3.05, 3.63) is 71.8 Å². The molecule has 2 aromatic carbocycles. The highest BCUT2D eigenvalue weighted by Gasteiger charge is 2.13. The van der Waals surface area contributed by atoms with Crippen molar-refractivity contribution in [2.24, 2.45) is 5.92 Å². The van der Waals surface area contributed by atoms with Crippen molar-refractivity contribution < 1.29 is 0 Å². The molecule has 0 radical (unpaired) electrons. The maximum absolute atomic E-state index is 2.40. The summed E-state index contributed by atoms with van der Waals surface area (Å²) in [4.78, 5) is 0. The van der Waals surface area contributed by atoms with Gasteiger partial charge < -0.3 is 0 Å². The van der Waals surface area contributed by atoms with Crippen LogP contribution in [-0.2, 0) is 0 Å². The average molecular weight is 351 g/mol. The minimum atomic E-state index is 0.687. The van der Waals surface area contributed by atoms with E-state index in [1.165, 1.54) is 56.9 Å². The van der Waals surface area contributed by atoms with Gasteiger partial charge in [0.15, 0.2) is 0 Å². The minimum Gasteiger partial charge on any atom is -0.0651 e. The lowest BCUT2D eigenvalue weighted by molar-refractivity contribution is 0.434. The molecule has 26 heavy (non-hydrogen) atoms. The number of rotatable bonds is 12. The maximum atomic E-state index is 2.40. The lowest BCUT2D eigenvalue weighted by atomic mass is 9.86. The topological polar surface area (TPSA) is 0 Å². The van der Waals surface area contributed by atoms with Gasteiger partial charge in [0.25, 0.3) is 0 Å². The third-order valence-electron chi connectivity index (χ3n) is 6.03. The average Bonchev–Trinajstić information content (AvgIpc) is 2.70. The van der Waals surface area contributed by atoms with E-state index >= 15 is 0 Å². The van der Waals surface area contributed by atoms with E-state index in [0.717, 1.165) is 11.8 Å². The molecule has 2 rings (SSSR count). The Bertz CT molecular complexity index is 572. The molecule has 3 unspecified atom stereocenters. The molecule has 0 spiro atoms. The Balaban J connectivity index is 1.74. The Morgan fingerprint density at radius 1 is 0.615 bits per heavy atom. The van der Waals surface area contributed by atoms with Crippen molar-refractivity contribution in [1.82, 2.24) is 0 Å². The second kappa shape index (κ2) is 11.9. The first-order chi connectivity index (χ1) is 12.7. The van der Waals surface area contributed by atoms with Gasteiger partial charge >= 0.3 is 0 Å². The molecule has 0 saturated heterocycles. The Morgan fingerprint density at radius 3 is 1.81 bits per heavy atom. The number of unbranched alkanes of at least 4 members (excludes halogenated alkanes) is 2. The molecular weight excluding hydrogens is 312 g/mol. The first kappa shape index (κ1) is 20.7. The Morgan fingerprint density at radius 2 is 1.19 bits per heavy atom. The van der Waals surface area contributed by atoms with Gasteiger partial charge in [0.05, 0.1) is 0 Å². The SMILES string of the molecule is CCC(C)CCC(CCCCCC(C)c1ccccc1)c1ccccc1. The third kappa shape index (κ3) is 7.36. The van der Waals surface area contributed by atoms with Crippen LogP contribution in [0, 0.1) is 5.92 Å². The summed E-state index contributed by atoms with van der Waals surface area (Å²) in [7, 11) is 0. The zero-order valence-corrected chi connectivity index (χ0v) is 17.2.